The van der Waals surface area contributed by atoms with Crippen LogP contribution in [0.3, 0.4) is 0 Å². The van der Waals surface area contributed by atoms with Crippen molar-refractivity contribution in [2.24, 2.45) is 11.3 Å². The molecular weight excluding hydrogens is 232 g/mol. The highest BCUT2D eigenvalue weighted by Gasteiger charge is 2.56. The number of carbonyl (C=O) groups excluding carboxylic acids is 2. The van der Waals surface area contributed by atoms with Crippen molar-refractivity contribution in [1.82, 2.24) is 0 Å². The average Bonchev–Trinajstić information content (AvgIpc) is 2.76. The molecule has 0 aromatic carbocycles. The van der Waals surface area contributed by atoms with E-state index < -0.39 is 5.41 Å². The van der Waals surface area contributed by atoms with Crippen molar-refractivity contribution in [3.05, 3.63) is 11.6 Å². The number of hydrogen-bond acceptors (Lipinski definition) is 4. The van der Waals surface area contributed by atoms with Gasteiger partial charge in [-0.2, -0.15) is 0 Å². The van der Waals surface area contributed by atoms with Crippen molar-refractivity contribution in [2.75, 3.05) is 14.2 Å². The summed E-state index contributed by atoms with van der Waals surface area (Å²) >= 11 is 0. The largest absolute Gasteiger partial charge is 0.468 e. The first-order valence-electron chi connectivity index (χ1n) is 6.41. The molecule has 1 fully saturated rings. The Morgan fingerprint density at radius 2 is 2.17 bits per heavy atom. The first-order valence-corrected chi connectivity index (χ1v) is 6.41. The van der Waals surface area contributed by atoms with E-state index in [-0.39, 0.29) is 23.8 Å². The minimum Gasteiger partial charge on any atom is -0.468 e. The fourth-order valence-electron chi connectivity index (χ4n) is 3.52. The third-order valence-corrected chi connectivity index (χ3v) is 4.52. The summed E-state index contributed by atoms with van der Waals surface area (Å²) in [6.45, 7) is 1.98. The average molecular weight is 252 g/mol. The number of carbonyl (C=O) groups is 2. The molecule has 100 valence electrons. The summed E-state index contributed by atoms with van der Waals surface area (Å²) in [5.41, 5.74) is 0.317. The van der Waals surface area contributed by atoms with Gasteiger partial charge in [0.25, 0.3) is 0 Å². The Kier molecular flexibility index (Phi) is 3.57. The van der Waals surface area contributed by atoms with Crippen LogP contribution in [0.15, 0.2) is 11.6 Å². The first-order chi connectivity index (χ1) is 8.56. The predicted octanol–water partition coefficient (Wildman–Crippen LogP) is 1.88. The third-order valence-electron chi connectivity index (χ3n) is 4.52. The minimum atomic E-state index is -0.627. The number of methoxy groups -OCH3 is 2. The molecule has 0 unspecified atom stereocenters. The lowest BCUT2D eigenvalue weighted by atomic mass is 9.67. The zero-order valence-electron chi connectivity index (χ0n) is 11.2. The zero-order valence-corrected chi connectivity index (χ0v) is 11.2. The van der Waals surface area contributed by atoms with E-state index in [0.717, 1.165) is 18.4 Å². The fourth-order valence-corrected chi connectivity index (χ4v) is 3.52. The van der Waals surface area contributed by atoms with Gasteiger partial charge in [-0.1, -0.05) is 0 Å². The molecule has 0 heterocycles. The Hall–Kier alpha value is -1.16. The second-order valence-corrected chi connectivity index (χ2v) is 5.18. The van der Waals surface area contributed by atoms with E-state index in [9.17, 15) is 9.59 Å². The number of ether oxygens (including phenoxy) is 2. The van der Waals surface area contributed by atoms with Crippen LogP contribution in [-0.4, -0.2) is 32.1 Å². The topological polar surface area (TPSA) is 52.6 Å². The Morgan fingerprint density at radius 3 is 2.78 bits per heavy atom. The molecule has 2 rings (SSSR count). The molecule has 2 aliphatic carbocycles. The number of esters is 1. The number of hydrogen-bond donors (Lipinski definition) is 0. The summed E-state index contributed by atoms with van der Waals surface area (Å²) in [6.07, 6.45) is 4.29. The normalized spacial score (nSPS) is 32.7. The molecule has 0 spiro atoms. The zero-order chi connectivity index (χ0) is 13.3. The molecule has 0 N–H and O–H groups in total. The standard InChI is InChI=1S/C14H20O4/c1-9(17-2)12-5-4-10-8-11(15)6-7-14(10,12)13(16)18-3/h8-9,12H,4-7H2,1-3H3/t9-,12-,14-/m1/s1. The molecule has 0 radical (unpaired) electrons. The number of ketones is 1. The molecule has 0 aromatic rings. The third kappa shape index (κ3) is 1.79. The van der Waals surface area contributed by atoms with Crippen molar-refractivity contribution < 1.29 is 19.1 Å². The van der Waals surface area contributed by atoms with E-state index in [2.05, 4.69) is 0 Å². The van der Waals surface area contributed by atoms with E-state index in [0.29, 0.717) is 12.8 Å². The quantitative estimate of drug-likeness (QED) is 0.720. The summed E-state index contributed by atoms with van der Waals surface area (Å²) < 4.78 is 10.4. The van der Waals surface area contributed by atoms with Gasteiger partial charge in [0.15, 0.2) is 5.78 Å². The van der Waals surface area contributed by atoms with Gasteiger partial charge in [-0.25, -0.2) is 0 Å². The van der Waals surface area contributed by atoms with Crippen molar-refractivity contribution in [3.63, 3.8) is 0 Å². The van der Waals surface area contributed by atoms with Crippen LogP contribution in [-0.2, 0) is 19.1 Å². The monoisotopic (exact) mass is 252 g/mol. The molecule has 0 aromatic heterocycles. The summed E-state index contributed by atoms with van der Waals surface area (Å²) in [5.74, 6) is 0.0113. The SMILES string of the molecule is COC(=O)[C@]12CCC(=O)C=C1CC[C@@H]2[C@@H](C)OC. The molecule has 0 bridgehead atoms. The van der Waals surface area contributed by atoms with Crippen LogP contribution < -0.4 is 0 Å². The maximum Gasteiger partial charge on any atom is 0.316 e. The van der Waals surface area contributed by atoms with Gasteiger partial charge in [0, 0.05) is 19.4 Å². The summed E-state index contributed by atoms with van der Waals surface area (Å²) in [4.78, 5) is 23.8. The van der Waals surface area contributed by atoms with E-state index in [1.165, 1.54) is 7.11 Å². The Balaban J connectivity index is 2.44. The smallest absolute Gasteiger partial charge is 0.316 e. The Bertz CT molecular complexity index is 399. The highest BCUT2D eigenvalue weighted by molar-refractivity contribution is 5.95. The predicted molar refractivity (Wildman–Crippen MR) is 66.0 cm³/mol. The van der Waals surface area contributed by atoms with Gasteiger partial charge in [0.2, 0.25) is 0 Å². The number of allylic oxidation sites excluding steroid dienone is 1. The van der Waals surface area contributed by atoms with Crippen molar-refractivity contribution in [3.8, 4) is 0 Å². The lowest BCUT2D eigenvalue weighted by Gasteiger charge is -2.38. The molecule has 0 aliphatic heterocycles. The lowest BCUT2D eigenvalue weighted by molar-refractivity contribution is -0.156. The van der Waals surface area contributed by atoms with Crippen LogP contribution in [0.4, 0.5) is 0 Å². The summed E-state index contributed by atoms with van der Waals surface area (Å²) in [6, 6.07) is 0. The second kappa shape index (κ2) is 4.84. The molecule has 4 heteroatoms. The van der Waals surface area contributed by atoms with Gasteiger partial charge in [0.1, 0.15) is 0 Å². The van der Waals surface area contributed by atoms with E-state index in [1.807, 2.05) is 6.92 Å². The molecule has 3 atom stereocenters. The number of rotatable bonds is 3. The van der Waals surface area contributed by atoms with Gasteiger partial charge in [-0.15, -0.1) is 0 Å². The van der Waals surface area contributed by atoms with E-state index in [1.54, 1.807) is 13.2 Å². The number of fused-ring (bicyclic) bond motifs is 1. The van der Waals surface area contributed by atoms with Crippen LogP contribution in [0.2, 0.25) is 0 Å². The molecular formula is C14H20O4. The van der Waals surface area contributed by atoms with E-state index in [4.69, 9.17) is 9.47 Å². The lowest BCUT2D eigenvalue weighted by Crippen LogP contribution is -2.44. The van der Waals surface area contributed by atoms with Crippen LogP contribution in [0.1, 0.15) is 32.6 Å². The maximum absolute atomic E-state index is 12.3. The van der Waals surface area contributed by atoms with Crippen LogP contribution in [0, 0.1) is 11.3 Å². The van der Waals surface area contributed by atoms with Crippen molar-refractivity contribution in [2.45, 2.75) is 38.7 Å². The van der Waals surface area contributed by atoms with Gasteiger partial charge < -0.3 is 9.47 Å². The van der Waals surface area contributed by atoms with Gasteiger partial charge >= 0.3 is 5.97 Å². The first kappa shape index (κ1) is 13.3. The summed E-state index contributed by atoms with van der Waals surface area (Å²) in [5, 5.41) is 0. The fraction of sp³-hybridized carbons (Fsp3) is 0.714. The highest BCUT2D eigenvalue weighted by atomic mass is 16.5. The molecule has 1 saturated carbocycles. The molecule has 0 amide bonds. The van der Waals surface area contributed by atoms with Gasteiger partial charge in [0.05, 0.1) is 18.6 Å². The molecule has 2 aliphatic rings. The van der Waals surface area contributed by atoms with Crippen LogP contribution in [0.25, 0.3) is 0 Å². The molecule has 4 nitrogen and oxygen atoms in total. The van der Waals surface area contributed by atoms with Crippen molar-refractivity contribution in [1.29, 1.82) is 0 Å². The summed E-state index contributed by atoms with van der Waals surface area (Å²) in [7, 11) is 3.07. The molecule has 0 saturated heterocycles. The minimum absolute atomic E-state index is 0.0109. The molecule has 18 heavy (non-hydrogen) atoms. The van der Waals surface area contributed by atoms with Crippen LogP contribution >= 0.6 is 0 Å². The Labute approximate surface area is 107 Å². The van der Waals surface area contributed by atoms with Crippen molar-refractivity contribution >= 4 is 11.8 Å². The Morgan fingerprint density at radius 1 is 1.44 bits per heavy atom. The maximum atomic E-state index is 12.3. The second-order valence-electron chi connectivity index (χ2n) is 5.18. The van der Waals surface area contributed by atoms with Gasteiger partial charge in [-0.05, 0) is 37.8 Å². The van der Waals surface area contributed by atoms with Crippen LogP contribution in [0.5, 0.6) is 0 Å². The van der Waals surface area contributed by atoms with Gasteiger partial charge in [-0.3, -0.25) is 9.59 Å². The van der Waals surface area contributed by atoms with E-state index >= 15 is 0 Å². The highest BCUT2D eigenvalue weighted by Crippen LogP contribution is 2.54.